The van der Waals surface area contributed by atoms with Crippen LogP contribution in [0.3, 0.4) is 0 Å². The third-order valence-corrected chi connectivity index (χ3v) is 2.11. The fourth-order valence-electron chi connectivity index (χ4n) is 1.54. The molecular weight excluding hydrogens is 126 g/mol. The van der Waals surface area contributed by atoms with Crippen LogP contribution in [0, 0.1) is 5.92 Å². The van der Waals surface area contributed by atoms with Crippen molar-refractivity contribution < 1.29 is 5.11 Å². The summed E-state index contributed by atoms with van der Waals surface area (Å²) in [4.78, 5) is 2.44. The normalized spacial score (nSPS) is 21.0. The van der Waals surface area contributed by atoms with Gasteiger partial charge in [-0.15, -0.1) is 0 Å². The van der Waals surface area contributed by atoms with Gasteiger partial charge in [0, 0.05) is 19.7 Å². The Hall–Kier alpha value is -0.0800. The highest BCUT2D eigenvalue weighted by Crippen LogP contribution is 2.17. The van der Waals surface area contributed by atoms with E-state index in [0.717, 1.165) is 12.3 Å². The molecule has 1 rings (SSSR count). The molecule has 60 valence electrons. The lowest BCUT2D eigenvalue weighted by atomic mass is 9.97. The summed E-state index contributed by atoms with van der Waals surface area (Å²) in [7, 11) is 0. The Balaban J connectivity index is 1.95. The lowest BCUT2D eigenvalue weighted by Crippen LogP contribution is -2.47. The van der Waals surface area contributed by atoms with Crippen LogP contribution in [0.4, 0.5) is 0 Å². The summed E-state index contributed by atoms with van der Waals surface area (Å²) < 4.78 is 0. The van der Waals surface area contributed by atoms with Crippen LogP contribution in [0.2, 0.25) is 0 Å². The zero-order chi connectivity index (χ0) is 7.40. The van der Waals surface area contributed by atoms with Crippen LogP contribution in [-0.4, -0.2) is 36.2 Å². The van der Waals surface area contributed by atoms with Crippen LogP contribution in [0.1, 0.15) is 19.8 Å². The predicted molar refractivity (Wildman–Crippen MR) is 41.9 cm³/mol. The molecule has 0 aliphatic carbocycles. The number of aliphatic hydroxyl groups is 1. The molecule has 0 atom stereocenters. The predicted octanol–water partition coefficient (Wildman–Crippen LogP) is 0.711. The quantitative estimate of drug-likeness (QED) is 0.626. The summed E-state index contributed by atoms with van der Waals surface area (Å²) in [6.07, 6.45) is 2.26. The molecule has 0 radical (unpaired) electrons. The van der Waals surface area contributed by atoms with E-state index in [1.165, 1.54) is 26.1 Å². The maximum Gasteiger partial charge on any atom is 0.0434 e. The van der Waals surface area contributed by atoms with Gasteiger partial charge in [-0.3, -0.25) is 0 Å². The van der Waals surface area contributed by atoms with Gasteiger partial charge in [0.25, 0.3) is 0 Å². The van der Waals surface area contributed by atoms with E-state index >= 15 is 0 Å². The number of rotatable bonds is 4. The molecule has 2 heteroatoms. The lowest BCUT2D eigenvalue weighted by molar-refractivity contribution is 0.0796. The number of hydrogen-bond acceptors (Lipinski definition) is 2. The largest absolute Gasteiger partial charge is 0.396 e. The molecule has 1 heterocycles. The Morgan fingerprint density at radius 1 is 1.50 bits per heavy atom. The Labute approximate surface area is 62.8 Å². The molecule has 1 N–H and O–H groups in total. The fourth-order valence-corrected chi connectivity index (χ4v) is 1.54. The first kappa shape index (κ1) is 8.02. The summed E-state index contributed by atoms with van der Waals surface area (Å²) in [5, 5.41) is 8.60. The van der Waals surface area contributed by atoms with E-state index in [1.54, 1.807) is 0 Å². The molecule has 0 spiro atoms. The second kappa shape index (κ2) is 3.94. The average Bonchev–Trinajstić information content (AvgIpc) is 1.84. The van der Waals surface area contributed by atoms with Crippen LogP contribution >= 0.6 is 0 Å². The molecule has 0 bridgehead atoms. The van der Waals surface area contributed by atoms with E-state index in [4.69, 9.17) is 5.11 Å². The molecule has 2 nitrogen and oxygen atoms in total. The maximum absolute atomic E-state index is 8.60. The number of nitrogens with zero attached hydrogens (tertiary/aromatic N) is 1. The third kappa shape index (κ3) is 1.96. The van der Waals surface area contributed by atoms with Gasteiger partial charge in [0.2, 0.25) is 0 Å². The van der Waals surface area contributed by atoms with Crippen molar-refractivity contribution in [1.82, 2.24) is 4.90 Å². The van der Waals surface area contributed by atoms with Gasteiger partial charge < -0.3 is 10.0 Å². The molecular formula is C8H17NO. The van der Waals surface area contributed by atoms with Crippen molar-refractivity contribution in [3.8, 4) is 0 Å². The Kier molecular flexibility index (Phi) is 3.16. The smallest absolute Gasteiger partial charge is 0.0434 e. The van der Waals surface area contributed by atoms with E-state index in [2.05, 4.69) is 11.8 Å². The molecule has 1 aliphatic rings. The van der Waals surface area contributed by atoms with Crippen molar-refractivity contribution >= 4 is 0 Å². The maximum atomic E-state index is 8.60. The molecule has 0 saturated carbocycles. The first-order chi connectivity index (χ1) is 4.86. The van der Waals surface area contributed by atoms with E-state index < -0.39 is 0 Å². The second-order valence-corrected chi connectivity index (χ2v) is 3.14. The zero-order valence-electron chi connectivity index (χ0n) is 6.71. The lowest BCUT2D eigenvalue weighted by Gasteiger charge is -2.38. The van der Waals surface area contributed by atoms with Gasteiger partial charge in [-0.25, -0.2) is 0 Å². The van der Waals surface area contributed by atoms with Crippen molar-refractivity contribution in [3.05, 3.63) is 0 Å². The van der Waals surface area contributed by atoms with Gasteiger partial charge in [0.15, 0.2) is 0 Å². The van der Waals surface area contributed by atoms with Crippen LogP contribution in [0.15, 0.2) is 0 Å². The molecule has 0 unspecified atom stereocenters. The van der Waals surface area contributed by atoms with Gasteiger partial charge in [0.05, 0.1) is 0 Å². The van der Waals surface area contributed by atoms with E-state index in [1.807, 2.05) is 0 Å². The molecule has 0 aromatic rings. The van der Waals surface area contributed by atoms with E-state index in [0.29, 0.717) is 6.61 Å². The highest BCUT2D eigenvalue weighted by atomic mass is 16.3. The highest BCUT2D eigenvalue weighted by Gasteiger charge is 2.24. The summed E-state index contributed by atoms with van der Waals surface area (Å²) in [5.74, 6) is 0.788. The number of hydrogen-bond donors (Lipinski definition) is 1. The summed E-state index contributed by atoms with van der Waals surface area (Å²) in [6.45, 7) is 6.24. The Morgan fingerprint density at radius 3 is 2.70 bits per heavy atom. The van der Waals surface area contributed by atoms with Crippen LogP contribution in [0.5, 0.6) is 0 Å². The van der Waals surface area contributed by atoms with Crippen molar-refractivity contribution in [1.29, 1.82) is 0 Å². The second-order valence-electron chi connectivity index (χ2n) is 3.14. The fraction of sp³-hybridized carbons (Fsp3) is 1.00. The summed E-state index contributed by atoms with van der Waals surface area (Å²) in [5.41, 5.74) is 0. The first-order valence-electron chi connectivity index (χ1n) is 4.20. The van der Waals surface area contributed by atoms with E-state index in [9.17, 15) is 0 Å². The molecule has 0 aromatic heterocycles. The Morgan fingerprint density at radius 2 is 2.20 bits per heavy atom. The molecule has 10 heavy (non-hydrogen) atoms. The van der Waals surface area contributed by atoms with Crippen molar-refractivity contribution in [2.45, 2.75) is 19.8 Å². The highest BCUT2D eigenvalue weighted by molar-refractivity contribution is 4.78. The van der Waals surface area contributed by atoms with Gasteiger partial charge in [-0.2, -0.15) is 0 Å². The van der Waals surface area contributed by atoms with Crippen molar-refractivity contribution in [2.75, 3.05) is 26.2 Å². The topological polar surface area (TPSA) is 23.5 Å². The summed E-state index contributed by atoms with van der Waals surface area (Å²) in [6, 6.07) is 0. The number of aliphatic hydroxyl groups excluding tert-OH is 1. The van der Waals surface area contributed by atoms with Gasteiger partial charge >= 0.3 is 0 Å². The first-order valence-corrected chi connectivity index (χ1v) is 4.20. The number of likely N-dealkylation sites (tertiary alicyclic amines) is 1. The Bertz CT molecular complexity index is 79.3. The third-order valence-electron chi connectivity index (χ3n) is 2.11. The zero-order valence-corrected chi connectivity index (χ0v) is 6.71. The molecule has 1 aliphatic heterocycles. The van der Waals surface area contributed by atoms with Crippen molar-refractivity contribution in [2.24, 2.45) is 5.92 Å². The monoisotopic (exact) mass is 143 g/mol. The van der Waals surface area contributed by atoms with Crippen molar-refractivity contribution in [3.63, 3.8) is 0 Å². The minimum atomic E-state index is 0.366. The van der Waals surface area contributed by atoms with Crippen LogP contribution < -0.4 is 0 Å². The summed E-state index contributed by atoms with van der Waals surface area (Å²) >= 11 is 0. The average molecular weight is 143 g/mol. The minimum absolute atomic E-state index is 0.366. The van der Waals surface area contributed by atoms with Crippen LogP contribution in [0.25, 0.3) is 0 Å². The SMILES string of the molecule is CCCN1CC(CCO)C1. The van der Waals surface area contributed by atoms with Gasteiger partial charge in [-0.1, -0.05) is 6.92 Å². The minimum Gasteiger partial charge on any atom is -0.396 e. The standard InChI is InChI=1S/C8H17NO/c1-2-4-9-6-8(7-9)3-5-10/h8,10H,2-7H2,1H3. The molecule has 1 saturated heterocycles. The van der Waals surface area contributed by atoms with Gasteiger partial charge in [0.1, 0.15) is 0 Å². The van der Waals surface area contributed by atoms with E-state index in [-0.39, 0.29) is 0 Å². The molecule has 0 aromatic carbocycles. The van der Waals surface area contributed by atoms with Crippen LogP contribution in [-0.2, 0) is 0 Å². The molecule has 0 amide bonds. The molecule has 1 fully saturated rings. The van der Waals surface area contributed by atoms with Gasteiger partial charge in [-0.05, 0) is 25.3 Å².